The SMILES string of the molecule is CC(=O)/C=C(\NNC(=O)c1ccc(Cl)cc1)c1ccc(Cl)cc1. The summed E-state index contributed by atoms with van der Waals surface area (Å²) in [6.45, 7) is 1.43. The number of halogens is 2. The molecule has 0 saturated carbocycles. The molecule has 0 aliphatic carbocycles. The van der Waals surface area contributed by atoms with Gasteiger partial charge in [0.05, 0.1) is 5.70 Å². The van der Waals surface area contributed by atoms with Gasteiger partial charge in [-0.15, -0.1) is 0 Å². The largest absolute Gasteiger partial charge is 0.298 e. The minimum Gasteiger partial charge on any atom is -0.298 e. The van der Waals surface area contributed by atoms with Crippen molar-refractivity contribution >= 4 is 40.6 Å². The molecule has 2 aromatic carbocycles. The number of nitrogens with one attached hydrogen (secondary N) is 2. The zero-order valence-electron chi connectivity index (χ0n) is 12.3. The molecule has 0 bridgehead atoms. The molecule has 0 heterocycles. The number of rotatable bonds is 5. The van der Waals surface area contributed by atoms with Crippen molar-refractivity contribution in [1.29, 1.82) is 0 Å². The lowest BCUT2D eigenvalue weighted by Crippen LogP contribution is -2.36. The van der Waals surface area contributed by atoms with Gasteiger partial charge in [-0.05, 0) is 48.9 Å². The van der Waals surface area contributed by atoms with Crippen LogP contribution in [-0.4, -0.2) is 11.7 Å². The second kappa shape index (κ2) is 7.81. The van der Waals surface area contributed by atoms with Crippen LogP contribution in [0.2, 0.25) is 10.0 Å². The van der Waals surface area contributed by atoms with Gasteiger partial charge in [-0.1, -0.05) is 35.3 Å². The van der Waals surface area contributed by atoms with Gasteiger partial charge in [0.15, 0.2) is 5.78 Å². The fourth-order valence-electron chi connectivity index (χ4n) is 1.82. The summed E-state index contributed by atoms with van der Waals surface area (Å²) in [4.78, 5) is 23.5. The van der Waals surface area contributed by atoms with Gasteiger partial charge in [-0.2, -0.15) is 0 Å². The number of hydrogen-bond acceptors (Lipinski definition) is 3. The maximum Gasteiger partial charge on any atom is 0.269 e. The van der Waals surface area contributed by atoms with Crippen molar-refractivity contribution in [3.05, 3.63) is 75.8 Å². The van der Waals surface area contributed by atoms with E-state index in [4.69, 9.17) is 23.2 Å². The zero-order valence-corrected chi connectivity index (χ0v) is 13.8. The van der Waals surface area contributed by atoms with Gasteiger partial charge >= 0.3 is 0 Å². The molecule has 0 aliphatic heterocycles. The van der Waals surface area contributed by atoms with Gasteiger partial charge in [-0.25, -0.2) is 0 Å². The monoisotopic (exact) mass is 348 g/mol. The molecule has 2 N–H and O–H groups in total. The molecule has 23 heavy (non-hydrogen) atoms. The fourth-order valence-corrected chi connectivity index (χ4v) is 2.07. The third kappa shape index (κ3) is 5.13. The molecule has 0 saturated heterocycles. The van der Waals surface area contributed by atoms with Crippen molar-refractivity contribution in [1.82, 2.24) is 10.9 Å². The molecule has 118 valence electrons. The summed E-state index contributed by atoms with van der Waals surface area (Å²) in [7, 11) is 0. The molecule has 4 nitrogen and oxygen atoms in total. The summed E-state index contributed by atoms with van der Waals surface area (Å²) >= 11 is 11.6. The van der Waals surface area contributed by atoms with Crippen LogP contribution in [0.3, 0.4) is 0 Å². The Hall–Kier alpha value is -2.30. The van der Waals surface area contributed by atoms with Crippen LogP contribution in [0.25, 0.3) is 5.70 Å². The normalized spacial score (nSPS) is 11.0. The van der Waals surface area contributed by atoms with E-state index in [1.165, 1.54) is 13.0 Å². The van der Waals surface area contributed by atoms with E-state index in [0.29, 0.717) is 21.3 Å². The average molecular weight is 349 g/mol. The van der Waals surface area contributed by atoms with E-state index < -0.39 is 0 Å². The topological polar surface area (TPSA) is 58.2 Å². The van der Waals surface area contributed by atoms with E-state index in [9.17, 15) is 9.59 Å². The lowest BCUT2D eigenvalue weighted by molar-refractivity contribution is -0.112. The van der Waals surface area contributed by atoms with Crippen LogP contribution in [0.4, 0.5) is 0 Å². The van der Waals surface area contributed by atoms with E-state index in [-0.39, 0.29) is 11.7 Å². The van der Waals surface area contributed by atoms with Gasteiger partial charge in [0.2, 0.25) is 0 Å². The Morgan fingerprint density at radius 1 is 0.826 bits per heavy atom. The molecular weight excluding hydrogens is 335 g/mol. The van der Waals surface area contributed by atoms with Gasteiger partial charge in [0.25, 0.3) is 5.91 Å². The average Bonchev–Trinajstić information content (AvgIpc) is 2.52. The van der Waals surface area contributed by atoms with Gasteiger partial charge < -0.3 is 0 Å². The first-order valence-corrected chi connectivity index (χ1v) is 7.51. The van der Waals surface area contributed by atoms with Crippen molar-refractivity contribution in [2.45, 2.75) is 6.92 Å². The molecule has 2 aromatic rings. The first-order chi connectivity index (χ1) is 11.0. The third-order valence-electron chi connectivity index (χ3n) is 2.92. The Kier molecular flexibility index (Phi) is 5.79. The fraction of sp³-hybridized carbons (Fsp3) is 0.0588. The standard InChI is InChI=1S/C17H14Cl2N2O2/c1-11(22)10-16(12-2-6-14(18)7-3-12)20-21-17(23)13-4-8-15(19)9-5-13/h2-10,20H,1H3,(H,21,23)/b16-10-. The number of carbonyl (C=O) groups is 2. The van der Waals surface area contributed by atoms with E-state index in [1.807, 2.05) is 0 Å². The summed E-state index contributed by atoms with van der Waals surface area (Å²) in [6.07, 6.45) is 1.39. The first-order valence-electron chi connectivity index (χ1n) is 6.76. The molecular formula is C17H14Cl2N2O2. The minimum atomic E-state index is -0.343. The van der Waals surface area contributed by atoms with Crippen molar-refractivity contribution < 1.29 is 9.59 Å². The van der Waals surface area contributed by atoms with Gasteiger partial charge in [0, 0.05) is 21.7 Å². The Balaban J connectivity index is 2.12. The van der Waals surface area contributed by atoms with Crippen LogP contribution in [0.1, 0.15) is 22.8 Å². The number of allylic oxidation sites excluding steroid dienone is 1. The quantitative estimate of drug-likeness (QED) is 0.637. The third-order valence-corrected chi connectivity index (χ3v) is 3.42. The number of ketones is 1. The zero-order chi connectivity index (χ0) is 16.8. The van der Waals surface area contributed by atoms with E-state index in [2.05, 4.69) is 10.9 Å². The Bertz CT molecular complexity index is 738. The highest BCUT2D eigenvalue weighted by molar-refractivity contribution is 6.30. The van der Waals surface area contributed by atoms with Crippen molar-refractivity contribution in [3.8, 4) is 0 Å². The number of hydrazine groups is 1. The summed E-state index contributed by atoms with van der Waals surface area (Å²) in [5.41, 5.74) is 6.95. The molecule has 0 radical (unpaired) electrons. The smallest absolute Gasteiger partial charge is 0.269 e. The van der Waals surface area contributed by atoms with Crippen molar-refractivity contribution in [2.75, 3.05) is 0 Å². The van der Waals surface area contributed by atoms with Gasteiger partial charge in [0.1, 0.15) is 0 Å². The van der Waals surface area contributed by atoms with Crippen LogP contribution in [0.15, 0.2) is 54.6 Å². The Labute approximate surface area is 144 Å². The number of benzene rings is 2. The lowest BCUT2D eigenvalue weighted by Gasteiger charge is -2.12. The van der Waals surface area contributed by atoms with Crippen LogP contribution in [-0.2, 0) is 4.79 Å². The molecule has 2 rings (SSSR count). The molecule has 1 amide bonds. The van der Waals surface area contributed by atoms with Crippen molar-refractivity contribution in [2.24, 2.45) is 0 Å². The van der Waals surface area contributed by atoms with Crippen LogP contribution in [0, 0.1) is 0 Å². The Morgan fingerprint density at radius 2 is 1.30 bits per heavy atom. The summed E-state index contributed by atoms with van der Waals surface area (Å²) < 4.78 is 0. The van der Waals surface area contributed by atoms with Gasteiger partial charge in [-0.3, -0.25) is 20.4 Å². The molecule has 0 aromatic heterocycles. The first kappa shape index (κ1) is 17.1. The number of amides is 1. The Morgan fingerprint density at radius 3 is 1.78 bits per heavy atom. The highest BCUT2D eigenvalue weighted by atomic mass is 35.5. The second-order valence-electron chi connectivity index (χ2n) is 4.76. The summed E-state index contributed by atoms with van der Waals surface area (Å²) in [5.74, 6) is -0.492. The molecule has 0 atom stereocenters. The number of carbonyl (C=O) groups excluding carboxylic acids is 2. The molecule has 6 heteroatoms. The molecule has 0 spiro atoms. The second-order valence-corrected chi connectivity index (χ2v) is 5.63. The van der Waals surface area contributed by atoms with Crippen LogP contribution >= 0.6 is 23.2 Å². The predicted molar refractivity (Wildman–Crippen MR) is 92.2 cm³/mol. The molecule has 0 aliphatic rings. The van der Waals surface area contributed by atoms with E-state index in [1.54, 1.807) is 48.5 Å². The maximum absolute atomic E-state index is 12.1. The minimum absolute atomic E-state index is 0.150. The summed E-state index contributed by atoms with van der Waals surface area (Å²) in [6, 6.07) is 13.4. The molecule has 0 fully saturated rings. The maximum atomic E-state index is 12.1. The summed E-state index contributed by atoms with van der Waals surface area (Å²) in [5, 5.41) is 1.13. The highest BCUT2D eigenvalue weighted by Gasteiger charge is 2.08. The predicted octanol–water partition coefficient (Wildman–Crippen LogP) is 3.86. The van der Waals surface area contributed by atoms with E-state index in [0.717, 1.165) is 5.56 Å². The van der Waals surface area contributed by atoms with Crippen molar-refractivity contribution in [3.63, 3.8) is 0 Å². The lowest BCUT2D eigenvalue weighted by atomic mass is 10.1. The van der Waals surface area contributed by atoms with Crippen LogP contribution in [0.5, 0.6) is 0 Å². The van der Waals surface area contributed by atoms with E-state index >= 15 is 0 Å². The van der Waals surface area contributed by atoms with Crippen LogP contribution < -0.4 is 10.9 Å². The highest BCUT2D eigenvalue weighted by Crippen LogP contribution is 2.15. The number of hydrogen-bond donors (Lipinski definition) is 2. The molecule has 0 unspecified atom stereocenters.